The number of methoxy groups -OCH3 is 1. The van der Waals surface area contributed by atoms with Crippen LogP contribution in [-0.2, 0) is 16.1 Å². The number of carbonyl (C=O) groups excluding carboxylic acids is 2. The molecule has 1 aliphatic heterocycles. The van der Waals surface area contributed by atoms with Crippen LogP contribution in [-0.4, -0.2) is 35.0 Å². The minimum atomic E-state index is -0.730. The monoisotopic (exact) mass is 479 g/mol. The van der Waals surface area contributed by atoms with E-state index in [0.29, 0.717) is 33.8 Å². The maximum absolute atomic E-state index is 13.4. The number of halogens is 1. The van der Waals surface area contributed by atoms with E-state index >= 15 is 0 Å². The summed E-state index contributed by atoms with van der Waals surface area (Å²) >= 11 is 11.7. The molecule has 0 spiro atoms. The van der Waals surface area contributed by atoms with Crippen LogP contribution < -0.4 is 15.0 Å². The molecule has 4 rings (SSSR count). The van der Waals surface area contributed by atoms with Crippen LogP contribution in [0.1, 0.15) is 12.0 Å². The standard InChI is InChI=1S/C25H22ClN3O3S/c1-32-21-13-11-19(12-14-21)27-23(30)15-22-24(31)29(20-5-3-2-4-6-20)25(33)28(22)16-17-7-9-18(26)10-8-17/h2-14,22H,15-16H2,1H3,(H,27,30)/t22-/m0/s1. The van der Waals surface area contributed by atoms with Crippen LogP contribution in [0.25, 0.3) is 0 Å². The number of nitrogens with zero attached hydrogens (tertiary/aromatic N) is 2. The van der Waals surface area contributed by atoms with Crippen LogP contribution in [0, 0.1) is 0 Å². The zero-order valence-electron chi connectivity index (χ0n) is 17.9. The number of anilines is 2. The molecule has 1 N–H and O–H groups in total. The van der Waals surface area contributed by atoms with Crippen LogP contribution in [0.5, 0.6) is 5.75 Å². The lowest BCUT2D eigenvalue weighted by Gasteiger charge is -2.24. The molecule has 0 unspecified atom stereocenters. The van der Waals surface area contributed by atoms with Crippen molar-refractivity contribution in [2.45, 2.75) is 19.0 Å². The molecular formula is C25H22ClN3O3S. The summed E-state index contributed by atoms with van der Waals surface area (Å²) < 4.78 is 5.15. The highest BCUT2D eigenvalue weighted by Gasteiger charge is 2.44. The molecule has 168 valence electrons. The second kappa shape index (κ2) is 10.0. The largest absolute Gasteiger partial charge is 0.497 e. The summed E-state index contributed by atoms with van der Waals surface area (Å²) in [5.41, 5.74) is 2.23. The Labute approximate surface area is 202 Å². The predicted octanol–water partition coefficient (Wildman–Crippen LogP) is 4.88. The highest BCUT2D eigenvalue weighted by molar-refractivity contribution is 7.80. The van der Waals surface area contributed by atoms with Gasteiger partial charge >= 0.3 is 0 Å². The van der Waals surface area contributed by atoms with Gasteiger partial charge in [-0.05, 0) is 66.3 Å². The molecule has 1 atom stereocenters. The Hall–Kier alpha value is -3.42. The maximum atomic E-state index is 13.4. The first-order valence-corrected chi connectivity index (χ1v) is 11.1. The molecule has 3 aromatic rings. The SMILES string of the molecule is COc1ccc(NC(=O)C[C@H]2C(=O)N(c3ccccc3)C(=S)N2Cc2ccc(Cl)cc2)cc1. The molecule has 8 heteroatoms. The Morgan fingerprint density at radius 2 is 1.70 bits per heavy atom. The lowest BCUT2D eigenvalue weighted by Crippen LogP contribution is -2.37. The maximum Gasteiger partial charge on any atom is 0.256 e. The lowest BCUT2D eigenvalue weighted by atomic mass is 10.1. The molecule has 3 aromatic carbocycles. The summed E-state index contributed by atoms with van der Waals surface area (Å²) in [7, 11) is 1.58. The molecule has 0 aromatic heterocycles. The minimum absolute atomic E-state index is 0.0398. The summed E-state index contributed by atoms with van der Waals surface area (Å²) in [5.74, 6) is 0.180. The summed E-state index contributed by atoms with van der Waals surface area (Å²) in [6, 6.07) is 22.8. The molecule has 33 heavy (non-hydrogen) atoms. The summed E-state index contributed by atoms with van der Waals surface area (Å²) in [6.07, 6.45) is -0.0398. The summed E-state index contributed by atoms with van der Waals surface area (Å²) in [6.45, 7) is 0.381. The van der Waals surface area contributed by atoms with Crippen LogP contribution in [0.3, 0.4) is 0 Å². The Bertz CT molecular complexity index is 1150. The number of hydrogen-bond acceptors (Lipinski definition) is 4. The average Bonchev–Trinajstić information content (AvgIpc) is 3.05. The molecule has 0 saturated carbocycles. The van der Waals surface area contributed by atoms with Gasteiger partial charge in [0.15, 0.2) is 5.11 Å². The number of para-hydroxylation sites is 1. The van der Waals surface area contributed by atoms with E-state index in [9.17, 15) is 9.59 Å². The normalized spacial score (nSPS) is 15.6. The van der Waals surface area contributed by atoms with Gasteiger partial charge in [-0.1, -0.05) is 41.9 Å². The first-order valence-electron chi connectivity index (χ1n) is 10.3. The summed E-state index contributed by atoms with van der Waals surface area (Å²) in [5, 5.41) is 3.84. The number of benzene rings is 3. The number of amides is 2. The van der Waals surface area contributed by atoms with Gasteiger partial charge in [-0.25, -0.2) is 0 Å². The fraction of sp³-hybridized carbons (Fsp3) is 0.160. The molecule has 1 fully saturated rings. The van der Waals surface area contributed by atoms with Gasteiger partial charge < -0.3 is 15.0 Å². The fourth-order valence-corrected chi connectivity index (χ4v) is 4.19. The van der Waals surface area contributed by atoms with Gasteiger partial charge in [-0.15, -0.1) is 0 Å². The fourth-order valence-electron chi connectivity index (χ4n) is 3.68. The molecule has 6 nitrogen and oxygen atoms in total. The van der Waals surface area contributed by atoms with E-state index in [2.05, 4.69) is 5.32 Å². The van der Waals surface area contributed by atoms with Crippen molar-refractivity contribution in [2.24, 2.45) is 0 Å². The van der Waals surface area contributed by atoms with Crippen molar-refractivity contribution in [3.8, 4) is 5.75 Å². The number of rotatable bonds is 7. The van der Waals surface area contributed by atoms with Gasteiger partial charge in [0, 0.05) is 17.3 Å². The average molecular weight is 480 g/mol. The minimum Gasteiger partial charge on any atom is -0.497 e. The van der Waals surface area contributed by atoms with Crippen LogP contribution in [0.4, 0.5) is 11.4 Å². The third kappa shape index (κ3) is 5.16. The van der Waals surface area contributed by atoms with Crippen molar-refractivity contribution in [1.82, 2.24) is 4.90 Å². The van der Waals surface area contributed by atoms with Crippen molar-refractivity contribution in [3.63, 3.8) is 0 Å². The van der Waals surface area contributed by atoms with E-state index in [1.807, 2.05) is 42.5 Å². The van der Waals surface area contributed by atoms with Crippen molar-refractivity contribution in [1.29, 1.82) is 0 Å². The highest BCUT2D eigenvalue weighted by atomic mass is 35.5. The second-order valence-corrected chi connectivity index (χ2v) is 8.34. The first-order chi connectivity index (χ1) is 16.0. The van der Waals surface area contributed by atoms with E-state index in [-0.39, 0.29) is 18.2 Å². The topological polar surface area (TPSA) is 61.9 Å². The third-order valence-electron chi connectivity index (χ3n) is 5.35. The van der Waals surface area contributed by atoms with E-state index in [1.165, 1.54) is 4.90 Å². The number of nitrogens with one attached hydrogen (secondary N) is 1. The third-order valence-corrected chi connectivity index (χ3v) is 6.02. The van der Waals surface area contributed by atoms with Crippen LogP contribution >= 0.6 is 23.8 Å². The molecule has 0 aliphatic carbocycles. The van der Waals surface area contributed by atoms with Crippen LogP contribution in [0.2, 0.25) is 5.02 Å². The Balaban J connectivity index is 1.57. The van der Waals surface area contributed by atoms with Gasteiger partial charge in [-0.3, -0.25) is 14.5 Å². The van der Waals surface area contributed by atoms with Crippen molar-refractivity contribution < 1.29 is 14.3 Å². The van der Waals surface area contributed by atoms with E-state index in [4.69, 9.17) is 28.6 Å². The molecule has 1 aliphatic rings. The molecule has 0 bridgehead atoms. The van der Waals surface area contributed by atoms with Gasteiger partial charge in [-0.2, -0.15) is 0 Å². The van der Waals surface area contributed by atoms with Gasteiger partial charge in [0.2, 0.25) is 5.91 Å². The molecule has 1 saturated heterocycles. The Kier molecular flexibility index (Phi) is 6.91. The molecular weight excluding hydrogens is 458 g/mol. The predicted molar refractivity (Wildman–Crippen MR) is 134 cm³/mol. The lowest BCUT2D eigenvalue weighted by molar-refractivity contribution is -0.124. The second-order valence-electron chi connectivity index (χ2n) is 7.54. The molecule has 0 radical (unpaired) electrons. The van der Waals surface area contributed by atoms with Gasteiger partial charge in [0.1, 0.15) is 11.8 Å². The Morgan fingerprint density at radius 3 is 2.33 bits per heavy atom. The Morgan fingerprint density at radius 1 is 1.03 bits per heavy atom. The molecule has 2 amide bonds. The zero-order valence-corrected chi connectivity index (χ0v) is 19.5. The van der Waals surface area contributed by atoms with E-state index in [0.717, 1.165) is 5.56 Å². The van der Waals surface area contributed by atoms with Crippen molar-refractivity contribution in [2.75, 3.05) is 17.3 Å². The highest BCUT2D eigenvalue weighted by Crippen LogP contribution is 2.29. The van der Waals surface area contributed by atoms with Crippen molar-refractivity contribution in [3.05, 3.63) is 89.4 Å². The summed E-state index contributed by atoms with van der Waals surface area (Å²) in [4.78, 5) is 29.6. The van der Waals surface area contributed by atoms with E-state index in [1.54, 1.807) is 48.4 Å². The molecule has 1 heterocycles. The number of carbonyl (C=O) groups is 2. The van der Waals surface area contributed by atoms with Gasteiger partial charge in [0.25, 0.3) is 5.91 Å². The number of hydrogen-bond donors (Lipinski definition) is 1. The van der Waals surface area contributed by atoms with Crippen molar-refractivity contribution >= 4 is 52.1 Å². The smallest absolute Gasteiger partial charge is 0.256 e. The first kappa shape index (κ1) is 22.8. The van der Waals surface area contributed by atoms with Crippen LogP contribution in [0.15, 0.2) is 78.9 Å². The number of thiocarbonyl (C=S) groups is 1. The quantitative estimate of drug-likeness (QED) is 0.489. The van der Waals surface area contributed by atoms with Gasteiger partial charge in [0.05, 0.1) is 19.2 Å². The zero-order chi connectivity index (χ0) is 23.4. The van der Waals surface area contributed by atoms with E-state index < -0.39 is 6.04 Å². The number of ether oxygens (including phenoxy) is 1.